The molecule has 1 N–H and O–H groups in total. The van der Waals surface area contributed by atoms with Gasteiger partial charge in [0.25, 0.3) is 0 Å². The molecule has 0 amide bonds. The van der Waals surface area contributed by atoms with Crippen molar-refractivity contribution in [3.05, 3.63) is 47.7 Å². The van der Waals surface area contributed by atoms with Crippen LogP contribution in [-0.4, -0.2) is 4.98 Å². The summed E-state index contributed by atoms with van der Waals surface area (Å²) in [7, 11) is 0. The number of hydrogen-bond donors (Lipinski definition) is 1. The summed E-state index contributed by atoms with van der Waals surface area (Å²) in [5.74, 6) is 0. The maximum Gasteiger partial charge on any atom is 0.0457 e. The van der Waals surface area contributed by atoms with Crippen LogP contribution in [0, 0.1) is 0 Å². The van der Waals surface area contributed by atoms with Crippen molar-refractivity contribution in [2.24, 2.45) is 0 Å². The van der Waals surface area contributed by atoms with Crippen LogP contribution >= 0.6 is 0 Å². The normalized spacial score (nSPS) is 10.8. The molecule has 1 aromatic carbocycles. The van der Waals surface area contributed by atoms with E-state index in [1.54, 1.807) is 0 Å². The molecular formula is C14H17N. The fourth-order valence-electron chi connectivity index (χ4n) is 1.92. The zero-order chi connectivity index (χ0) is 10.8. The van der Waals surface area contributed by atoms with Crippen molar-refractivity contribution in [3.8, 4) is 0 Å². The number of hydrogen-bond acceptors (Lipinski definition) is 0. The van der Waals surface area contributed by atoms with Gasteiger partial charge < -0.3 is 4.98 Å². The maximum absolute atomic E-state index is 3.97. The molecule has 0 spiro atoms. The second kappa shape index (κ2) is 3.93. The Kier molecular flexibility index (Phi) is 2.63. The minimum Gasteiger partial charge on any atom is -0.361 e. The summed E-state index contributed by atoms with van der Waals surface area (Å²) in [4.78, 5) is 3.30. The van der Waals surface area contributed by atoms with E-state index in [1.807, 2.05) is 0 Å². The van der Waals surface area contributed by atoms with Crippen LogP contribution < -0.4 is 0 Å². The first-order valence-corrected chi connectivity index (χ1v) is 5.44. The lowest BCUT2D eigenvalue weighted by molar-refractivity contribution is 1.14. The molecule has 15 heavy (non-hydrogen) atoms. The molecule has 0 aliphatic rings. The Morgan fingerprint density at radius 1 is 1.40 bits per heavy atom. The number of rotatable bonds is 3. The van der Waals surface area contributed by atoms with Crippen LogP contribution in [0.4, 0.5) is 0 Å². The van der Waals surface area contributed by atoms with Gasteiger partial charge in [-0.05, 0) is 43.0 Å². The molecular weight excluding hydrogens is 182 g/mol. The highest BCUT2D eigenvalue weighted by Crippen LogP contribution is 2.22. The average Bonchev–Trinajstić information content (AvgIpc) is 2.60. The number of nitrogens with one attached hydrogen (secondary N) is 1. The van der Waals surface area contributed by atoms with E-state index in [9.17, 15) is 0 Å². The molecule has 1 heteroatoms. The molecule has 2 aromatic rings. The molecule has 0 aliphatic heterocycles. The summed E-state index contributed by atoms with van der Waals surface area (Å²) in [5.41, 5.74) is 5.18. The standard InChI is InChI=1S/C14H17N/c1-4-11-5-6-14-13(8-11)12(9-15-14)7-10(2)3/h5-6,8-9,15H,2,4,7H2,1,3H3. The van der Waals surface area contributed by atoms with Gasteiger partial charge in [-0.2, -0.15) is 0 Å². The Hall–Kier alpha value is -1.50. The zero-order valence-electron chi connectivity index (χ0n) is 9.43. The number of benzene rings is 1. The summed E-state index contributed by atoms with van der Waals surface area (Å²) in [6.45, 7) is 8.22. The van der Waals surface area contributed by atoms with Crippen LogP contribution in [0.1, 0.15) is 25.0 Å². The molecule has 0 atom stereocenters. The number of aromatic amines is 1. The largest absolute Gasteiger partial charge is 0.361 e. The highest BCUT2D eigenvalue weighted by molar-refractivity contribution is 5.84. The molecule has 2 rings (SSSR count). The van der Waals surface area contributed by atoms with Crippen molar-refractivity contribution in [1.82, 2.24) is 4.98 Å². The molecule has 1 nitrogen and oxygen atoms in total. The number of allylic oxidation sites excluding steroid dienone is 1. The lowest BCUT2D eigenvalue weighted by Crippen LogP contribution is -1.84. The summed E-state index contributed by atoms with van der Waals surface area (Å²) in [6, 6.07) is 6.63. The van der Waals surface area contributed by atoms with E-state index < -0.39 is 0 Å². The van der Waals surface area contributed by atoms with Crippen molar-refractivity contribution in [2.45, 2.75) is 26.7 Å². The average molecular weight is 199 g/mol. The second-order valence-electron chi connectivity index (χ2n) is 4.18. The first-order chi connectivity index (χ1) is 7.20. The monoisotopic (exact) mass is 199 g/mol. The van der Waals surface area contributed by atoms with Crippen molar-refractivity contribution >= 4 is 10.9 Å². The van der Waals surface area contributed by atoms with Gasteiger partial charge in [-0.3, -0.25) is 0 Å². The highest BCUT2D eigenvalue weighted by Gasteiger charge is 2.03. The first-order valence-electron chi connectivity index (χ1n) is 5.44. The molecule has 78 valence electrons. The smallest absolute Gasteiger partial charge is 0.0457 e. The third-order valence-electron chi connectivity index (χ3n) is 2.73. The van der Waals surface area contributed by atoms with Gasteiger partial charge in [-0.25, -0.2) is 0 Å². The van der Waals surface area contributed by atoms with E-state index in [0.29, 0.717) is 0 Å². The zero-order valence-corrected chi connectivity index (χ0v) is 9.43. The molecule has 0 radical (unpaired) electrons. The summed E-state index contributed by atoms with van der Waals surface area (Å²) in [5, 5.41) is 1.34. The van der Waals surface area contributed by atoms with Crippen LogP contribution in [0.15, 0.2) is 36.5 Å². The molecule has 1 aromatic heterocycles. The summed E-state index contributed by atoms with van der Waals surface area (Å²) >= 11 is 0. The Morgan fingerprint density at radius 3 is 2.87 bits per heavy atom. The lowest BCUT2D eigenvalue weighted by Gasteiger charge is -2.00. The third kappa shape index (κ3) is 1.96. The van der Waals surface area contributed by atoms with E-state index in [4.69, 9.17) is 0 Å². The van der Waals surface area contributed by atoms with Crippen LogP contribution in [0.3, 0.4) is 0 Å². The second-order valence-corrected chi connectivity index (χ2v) is 4.18. The van der Waals surface area contributed by atoms with Gasteiger partial charge in [0.2, 0.25) is 0 Å². The molecule has 0 aliphatic carbocycles. The van der Waals surface area contributed by atoms with Gasteiger partial charge in [-0.15, -0.1) is 0 Å². The van der Waals surface area contributed by atoms with E-state index in [2.05, 4.69) is 49.8 Å². The number of H-pyrrole nitrogens is 1. The summed E-state index contributed by atoms with van der Waals surface area (Å²) in [6.07, 6.45) is 4.15. The molecule has 0 bridgehead atoms. The summed E-state index contributed by atoms with van der Waals surface area (Å²) < 4.78 is 0. The van der Waals surface area contributed by atoms with Crippen LogP contribution in [-0.2, 0) is 12.8 Å². The van der Waals surface area contributed by atoms with E-state index >= 15 is 0 Å². The minimum atomic E-state index is 0.965. The fourth-order valence-corrected chi connectivity index (χ4v) is 1.92. The first kappa shape index (κ1) is 10.0. The lowest BCUT2D eigenvalue weighted by atomic mass is 10.0. The molecule has 0 unspecified atom stereocenters. The number of aryl methyl sites for hydroxylation is 1. The quantitative estimate of drug-likeness (QED) is 0.723. The van der Waals surface area contributed by atoms with Gasteiger partial charge in [0.05, 0.1) is 0 Å². The number of aromatic nitrogens is 1. The Bertz CT molecular complexity index is 491. The third-order valence-corrected chi connectivity index (χ3v) is 2.73. The number of fused-ring (bicyclic) bond motifs is 1. The van der Waals surface area contributed by atoms with E-state index in [1.165, 1.54) is 27.6 Å². The fraction of sp³-hybridized carbons (Fsp3) is 0.286. The van der Waals surface area contributed by atoms with Gasteiger partial charge in [-0.1, -0.05) is 25.1 Å². The van der Waals surface area contributed by atoms with Gasteiger partial charge in [0, 0.05) is 17.1 Å². The van der Waals surface area contributed by atoms with Crippen molar-refractivity contribution in [2.75, 3.05) is 0 Å². The molecule has 1 heterocycles. The van der Waals surface area contributed by atoms with Crippen molar-refractivity contribution in [3.63, 3.8) is 0 Å². The maximum atomic E-state index is 3.97. The molecule has 0 saturated heterocycles. The van der Waals surface area contributed by atoms with Crippen molar-refractivity contribution in [1.29, 1.82) is 0 Å². The van der Waals surface area contributed by atoms with Crippen molar-refractivity contribution < 1.29 is 0 Å². The van der Waals surface area contributed by atoms with E-state index in [-0.39, 0.29) is 0 Å². The van der Waals surface area contributed by atoms with Crippen LogP contribution in [0.5, 0.6) is 0 Å². The van der Waals surface area contributed by atoms with Gasteiger partial charge in [0.15, 0.2) is 0 Å². The SMILES string of the molecule is C=C(C)Cc1c[nH]c2ccc(CC)cc12. The Balaban J connectivity index is 2.51. The van der Waals surface area contributed by atoms with E-state index in [0.717, 1.165) is 12.8 Å². The van der Waals surface area contributed by atoms with Crippen LogP contribution in [0.2, 0.25) is 0 Å². The minimum absolute atomic E-state index is 0.965. The molecule has 0 fully saturated rings. The molecule has 0 saturated carbocycles. The topological polar surface area (TPSA) is 15.8 Å². The Morgan fingerprint density at radius 2 is 2.20 bits per heavy atom. The predicted octanol–water partition coefficient (Wildman–Crippen LogP) is 3.85. The predicted molar refractivity (Wildman–Crippen MR) is 66.2 cm³/mol. The Labute approximate surface area is 90.8 Å². The highest BCUT2D eigenvalue weighted by atomic mass is 14.7. The van der Waals surface area contributed by atoms with Gasteiger partial charge in [0.1, 0.15) is 0 Å². The van der Waals surface area contributed by atoms with Gasteiger partial charge >= 0.3 is 0 Å². The van der Waals surface area contributed by atoms with Crippen LogP contribution in [0.25, 0.3) is 10.9 Å².